The highest BCUT2D eigenvalue weighted by molar-refractivity contribution is 6.06. The summed E-state index contributed by atoms with van der Waals surface area (Å²) in [5.41, 5.74) is 1.68. The zero-order valence-electron chi connectivity index (χ0n) is 13.2. The van der Waals surface area contributed by atoms with Crippen molar-refractivity contribution < 1.29 is 19.4 Å². The third kappa shape index (κ3) is 4.35. The number of nitrogens with one attached hydrogen (secondary N) is 1. The van der Waals surface area contributed by atoms with Crippen LogP contribution in [0.4, 0.5) is 5.69 Å². The summed E-state index contributed by atoms with van der Waals surface area (Å²) in [5.74, 6) is 0.00331. The molecule has 2 N–H and O–H groups in total. The van der Waals surface area contributed by atoms with Gasteiger partial charge in [-0.2, -0.15) is 0 Å². The Balaban J connectivity index is 1.71. The van der Waals surface area contributed by atoms with Gasteiger partial charge in [-0.3, -0.25) is 9.59 Å². The Kier molecular flexibility index (Phi) is 4.79. The molecule has 0 saturated heterocycles. The van der Waals surface area contributed by atoms with E-state index in [9.17, 15) is 9.59 Å². The van der Waals surface area contributed by atoms with E-state index in [0.29, 0.717) is 35.1 Å². The van der Waals surface area contributed by atoms with E-state index >= 15 is 0 Å². The molecule has 1 aliphatic carbocycles. The molecule has 2 aromatic carbocycles. The summed E-state index contributed by atoms with van der Waals surface area (Å²) in [5, 5.41) is 11.7. The Bertz CT molecular complexity index is 753. The molecule has 0 radical (unpaired) electrons. The van der Waals surface area contributed by atoms with Crippen LogP contribution in [0, 0.1) is 5.92 Å². The Morgan fingerprint density at radius 3 is 2.67 bits per heavy atom. The monoisotopic (exact) mass is 325 g/mol. The minimum atomic E-state index is -0.905. The molecule has 0 heterocycles. The molecule has 0 aliphatic heterocycles. The van der Waals surface area contributed by atoms with Crippen LogP contribution in [0.3, 0.4) is 0 Å². The molecule has 0 spiro atoms. The van der Waals surface area contributed by atoms with Crippen molar-refractivity contribution in [3.05, 3.63) is 59.7 Å². The molecule has 5 heteroatoms. The van der Waals surface area contributed by atoms with Gasteiger partial charge in [0.1, 0.15) is 5.75 Å². The normalized spacial score (nSPS) is 13.3. The van der Waals surface area contributed by atoms with Crippen LogP contribution in [0.15, 0.2) is 48.5 Å². The van der Waals surface area contributed by atoms with E-state index in [1.807, 2.05) is 6.07 Å². The van der Waals surface area contributed by atoms with E-state index < -0.39 is 5.97 Å². The fourth-order valence-corrected chi connectivity index (χ4v) is 2.40. The standard InChI is InChI=1S/C19H19NO4/c21-18(22)11-14-4-3-5-15(10-14)20-19(23)16-6-1-2-7-17(16)24-12-13-8-9-13/h1-7,10,13H,8-9,11-12H2,(H,20,23)(H,21,22). The molecule has 124 valence electrons. The molecule has 24 heavy (non-hydrogen) atoms. The van der Waals surface area contributed by atoms with Crippen LogP contribution in [0.25, 0.3) is 0 Å². The molecule has 1 aliphatic rings. The zero-order valence-corrected chi connectivity index (χ0v) is 13.2. The number of rotatable bonds is 7. The first-order valence-electron chi connectivity index (χ1n) is 7.96. The lowest BCUT2D eigenvalue weighted by Crippen LogP contribution is -2.14. The lowest BCUT2D eigenvalue weighted by atomic mass is 10.1. The molecule has 1 fully saturated rings. The number of benzene rings is 2. The Hall–Kier alpha value is -2.82. The second-order valence-corrected chi connectivity index (χ2v) is 5.98. The second-order valence-electron chi connectivity index (χ2n) is 5.98. The van der Waals surface area contributed by atoms with Gasteiger partial charge in [0.25, 0.3) is 5.91 Å². The third-order valence-electron chi connectivity index (χ3n) is 3.84. The first-order valence-corrected chi connectivity index (χ1v) is 7.96. The maximum absolute atomic E-state index is 12.5. The second kappa shape index (κ2) is 7.17. The van der Waals surface area contributed by atoms with Gasteiger partial charge in [0, 0.05) is 5.69 Å². The number of carboxylic acid groups (broad SMARTS) is 1. The highest BCUT2D eigenvalue weighted by atomic mass is 16.5. The molecular weight excluding hydrogens is 306 g/mol. The molecular formula is C19H19NO4. The highest BCUT2D eigenvalue weighted by Crippen LogP contribution is 2.30. The van der Waals surface area contributed by atoms with E-state index in [2.05, 4.69) is 5.32 Å². The lowest BCUT2D eigenvalue weighted by molar-refractivity contribution is -0.136. The maximum Gasteiger partial charge on any atom is 0.307 e. The minimum Gasteiger partial charge on any atom is -0.492 e. The van der Waals surface area contributed by atoms with Crippen LogP contribution in [0.1, 0.15) is 28.8 Å². The summed E-state index contributed by atoms with van der Waals surface area (Å²) in [6.45, 7) is 0.637. The summed E-state index contributed by atoms with van der Waals surface area (Å²) >= 11 is 0. The fraction of sp³-hybridized carbons (Fsp3) is 0.263. The average molecular weight is 325 g/mol. The molecule has 5 nitrogen and oxygen atoms in total. The molecule has 0 bridgehead atoms. The Morgan fingerprint density at radius 1 is 1.12 bits per heavy atom. The van der Waals surface area contributed by atoms with Crippen molar-refractivity contribution in [1.82, 2.24) is 0 Å². The van der Waals surface area contributed by atoms with Crippen LogP contribution < -0.4 is 10.1 Å². The Labute approximate surface area is 140 Å². The lowest BCUT2D eigenvalue weighted by Gasteiger charge is -2.12. The number of aliphatic carboxylic acids is 1. The number of para-hydroxylation sites is 1. The molecule has 1 amide bonds. The van der Waals surface area contributed by atoms with Gasteiger partial charge in [-0.1, -0.05) is 24.3 Å². The zero-order chi connectivity index (χ0) is 16.9. The number of hydrogen-bond acceptors (Lipinski definition) is 3. The predicted molar refractivity (Wildman–Crippen MR) is 90.4 cm³/mol. The van der Waals surface area contributed by atoms with Gasteiger partial charge in [-0.15, -0.1) is 0 Å². The van der Waals surface area contributed by atoms with Gasteiger partial charge >= 0.3 is 5.97 Å². The van der Waals surface area contributed by atoms with Gasteiger partial charge < -0.3 is 15.2 Å². The van der Waals surface area contributed by atoms with Crippen molar-refractivity contribution in [2.24, 2.45) is 5.92 Å². The van der Waals surface area contributed by atoms with Crippen molar-refractivity contribution in [2.75, 3.05) is 11.9 Å². The van der Waals surface area contributed by atoms with Gasteiger partial charge in [0.15, 0.2) is 0 Å². The first kappa shape index (κ1) is 16.1. The van der Waals surface area contributed by atoms with Crippen LogP contribution >= 0.6 is 0 Å². The van der Waals surface area contributed by atoms with Gasteiger partial charge in [-0.05, 0) is 48.6 Å². The summed E-state index contributed by atoms with van der Waals surface area (Å²) in [6, 6.07) is 14.0. The van der Waals surface area contributed by atoms with E-state index in [-0.39, 0.29) is 12.3 Å². The fourth-order valence-electron chi connectivity index (χ4n) is 2.40. The predicted octanol–water partition coefficient (Wildman–Crippen LogP) is 3.35. The first-order chi connectivity index (χ1) is 11.6. The topological polar surface area (TPSA) is 75.6 Å². The van der Waals surface area contributed by atoms with E-state index in [1.54, 1.807) is 42.5 Å². The highest BCUT2D eigenvalue weighted by Gasteiger charge is 2.23. The summed E-state index contributed by atoms with van der Waals surface area (Å²) < 4.78 is 5.76. The van der Waals surface area contributed by atoms with Crippen molar-refractivity contribution in [3.8, 4) is 5.75 Å². The van der Waals surface area contributed by atoms with Crippen LogP contribution in [-0.2, 0) is 11.2 Å². The van der Waals surface area contributed by atoms with Crippen molar-refractivity contribution >= 4 is 17.6 Å². The minimum absolute atomic E-state index is 0.0786. The summed E-state index contributed by atoms with van der Waals surface area (Å²) in [6.07, 6.45) is 2.29. The summed E-state index contributed by atoms with van der Waals surface area (Å²) in [4.78, 5) is 23.3. The number of ether oxygens (including phenoxy) is 1. The largest absolute Gasteiger partial charge is 0.492 e. The molecule has 2 aromatic rings. The number of carboxylic acids is 1. The number of carbonyl (C=O) groups is 2. The van der Waals surface area contributed by atoms with Crippen LogP contribution in [-0.4, -0.2) is 23.6 Å². The van der Waals surface area contributed by atoms with E-state index in [1.165, 1.54) is 12.8 Å². The molecule has 1 saturated carbocycles. The molecule has 0 unspecified atom stereocenters. The quantitative estimate of drug-likeness (QED) is 0.818. The van der Waals surface area contributed by atoms with Crippen LogP contribution in [0.5, 0.6) is 5.75 Å². The number of carbonyl (C=O) groups excluding carboxylic acids is 1. The van der Waals surface area contributed by atoms with E-state index in [0.717, 1.165) is 0 Å². The third-order valence-corrected chi connectivity index (χ3v) is 3.84. The smallest absolute Gasteiger partial charge is 0.307 e. The number of hydrogen-bond donors (Lipinski definition) is 2. The molecule has 0 atom stereocenters. The van der Waals surface area contributed by atoms with Crippen molar-refractivity contribution in [3.63, 3.8) is 0 Å². The summed E-state index contributed by atoms with van der Waals surface area (Å²) in [7, 11) is 0. The number of anilines is 1. The Morgan fingerprint density at radius 2 is 1.92 bits per heavy atom. The molecule has 3 rings (SSSR count). The van der Waals surface area contributed by atoms with Crippen LogP contribution in [0.2, 0.25) is 0 Å². The van der Waals surface area contributed by atoms with Gasteiger partial charge in [0.05, 0.1) is 18.6 Å². The van der Waals surface area contributed by atoms with Crippen molar-refractivity contribution in [2.45, 2.75) is 19.3 Å². The van der Waals surface area contributed by atoms with Crippen molar-refractivity contribution in [1.29, 1.82) is 0 Å². The number of amides is 1. The van der Waals surface area contributed by atoms with Gasteiger partial charge in [0.2, 0.25) is 0 Å². The maximum atomic E-state index is 12.5. The van der Waals surface area contributed by atoms with Gasteiger partial charge in [-0.25, -0.2) is 0 Å². The van der Waals surface area contributed by atoms with E-state index in [4.69, 9.17) is 9.84 Å². The average Bonchev–Trinajstić information content (AvgIpc) is 3.37. The molecule has 0 aromatic heterocycles. The SMILES string of the molecule is O=C(O)Cc1cccc(NC(=O)c2ccccc2OCC2CC2)c1.